The zero-order valence-corrected chi connectivity index (χ0v) is 25.6. The molecule has 1 heterocycles. The summed E-state index contributed by atoms with van der Waals surface area (Å²) in [6.45, 7) is 2.38. The third-order valence-corrected chi connectivity index (χ3v) is 6.71. The molecule has 1 saturated heterocycles. The monoisotopic (exact) mass is 721 g/mol. The van der Waals surface area contributed by atoms with Crippen molar-refractivity contribution in [3.63, 3.8) is 0 Å². The van der Waals surface area contributed by atoms with E-state index in [2.05, 4.69) is 6.92 Å². The maximum absolute atomic E-state index is 11.7. The first kappa shape index (κ1) is 37.1. The van der Waals surface area contributed by atoms with Gasteiger partial charge in [-0.2, -0.15) is 0 Å². The summed E-state index contributed by atoms with van der Waals surface area (Å²) in [5.41, 5.74) is 0.873. The van der Waals surface area contributed by atoms with Crippen LogP contribution in [0.5, 0.6) is 5.75 Å². The van der Waals surface area contributed by atoms with Gasteiger partial charge in [0.25, 0.3) is 0 Å². The summed E-state index contributed by atoms with van der Waals surface area (Å²) in [4.78, 5) is 52.5. The molecular weight excluding hydrogens is 682 g/mol. The van der Waals surface area contributed by atoms with Crippen LogP contribution in [0, 0.1) is 39.9 Å². The fourth-order valence-corrected chi connectivity index (χ4v) is 4.66. The first-order chi connectivity index (χ1) is 19.0. The number of carbonyl (C=O) groups excluding carboxylic acids is 3. The summed E-state index contributed by atoms with van der Waals surface area (Å²) in [7, 11) is 0. The van der Waals surface area contributed by atoms with Crippen molar-refractivity contribution in [1.82, 2.24) is 19.6 Å². The summed E-state index contributed by atoms with van der Waals surface area (Å²) >= 11 is 0. The van der Waals surface area contributed by atoms with Gasteiger partial charge in [0.05, 0.1) is 31.1 Å². The van der Waals surface area contributed by atoms with Crippen molar-refractivity contribution in [2.24, 2.45) is 0 Å². The zero-order chi connectivity index (χ0) is 29.5. The van der Waals surface area contributed by atoms with E-state index in [1.165, 1.54) is 0 Å². The summed E-state index contributed by atoms with van der Waals surface area (Å²) in [6, 6.07) is 6.92. The van der Waals surface area contributed by atoms with Crippen LogP contribution in [-0.4, -0.2) is 133 Å². The van der Waals surface area contributed by atoms with Crippen molar-refractivity contribution < 1.29 is 84.3 Å². The predicted octanol–water partition coefficient (Wildman–Crippen LogP) is -3.67. The molecule has 0 aliphatic carbocycles. The zero-order valence-electron chi connectivity index (χ0n) is 23.3. The second-order valence-corrected chi connectivity index (χ2v) is 9.97. The molecule has 14 heteroatoms. The number of carboxylic acid groups (broad SMARTS) is 4. The number of carboxylic acids is 4. The number of ether oxygens (including phenoxy) is 1. The number of unbranched alkanes of at least 4 members (excludes halogenated alkanes) is 1. The van der Waals surface area contributed by atoms with Crippen LogP contribution in [0.1, 0.15) is 25.3 Å². The third-order valence-electron chi connectivity index (χ3n) is 6.71. The molecule has 2 rings (SSSR count). The van der Waals surface area contributed by atoms with E-state index >= 15 is 0 Å². The van der Waals surface area contributed by atoms with Crippen LogP contribution in [0.4, 0.5) is 0 Å². The van der Waals surface area contributed by atoms with Crippen molar-refractivity contribution in [2.45, 2.75) is 32.2 Å². The Labute approximate surface area is 272 Å². The first-order valence-electron chi connectivity index (χ1n) is 13.5. The molecule has 1 fully saturated rings. The van der Waals surface area contributed by atoms with Gasteiger partial charge in [0.1, 0.15) is 5.75 Å². The van der Waals surface area contributed by atoms with E-state index in [4.69, 9.17) is 4.74 Å². The van der Waals surface area contributed by atoms with E-state index in [0.29, 0.717) is 18.8 Å². The Bertz CT molecular complexity index is 967. The Kier molecular flexibility index (Phi) is 18.1. The van der Waals surface area contributed by atoms with Gasteiger partial charge < -0.3 is 39.5 Å². The van der Waals surface area contributed by atoms with Crippen LogP contribution >= 0.6 is 0 Å². The molecule has 0 aromatic heterocycles. The molecule has 0 saturated carbocycles. The van der Waals surface area contributed by atoms with Gasteiger partial charge in [0.2, 0.25) is 0 Å². The van der Waals surface area contributed by atoms with Gasteiger partial charge in [-0.1, -0.05) is 25.5 Å². The molecule has 0 bridgehead atoms. The van der Waals surface area contributed by atoms with Crippen molar-refractivity contribution in [3.05, 3.63) is 29.8 Å². The molecule has 0 spiro atoms. The maximum atomic E-state index is 11.7. The van der Waals surface area contributed by atoms with Gasteiger partial charge in [-0.25, -0.2) is 0 Å². The normalized spacial score (nSPS) is 18.4. The fourth-order valence-electron chi connectivity index (χ4n) is 4.66. The van der Waals surface area contributed by atoms with E-state index < -0.39 is 49.6 Å². The SMILES string of the molecule is CCCCOc1ccc(C[C@H]2CN(CC(=O)[O-])CCN(CC(=O)[O-])CCN(CC(=O)O)CCN2CC(=O)[O-])cc1.[Gd+3]. The minimum absolute atomic E-state index is 0. The molecule has 1 atom stereocenters. The van der Waals surface area contributed by atoms with E-state index in [0.717, 1.165) is 18.4 Å². The van der Waals surface area contributed by atoms with E-state index in [1.807, 2.05) is 24.3 Å². The second kappa shape index (κ2) is 20.1. The Morgan fingerprint density at radius 3 is 1.85 bits per heavy atom. The second-order valence-electron chi connectivity index (χ2n) is 9.97. The van der Waals surface area contributed by atoms with Gasteiger partial charge in [0, 0.05) is 71.5 Å². The van der Waals surface area contributed by atoms with Gasteiger partial charge >= 0.3 is 45.9 Å². The van der Waals surface area contributed by atoms with Gasteiger partial charge in [-0.3, -0.25) is 24.4 Å². The van der Waals surface area contributed by atoms with Gasteiger partial charge in [-0.05, 0) is 30.5 Å². The Morgan fingerprint density at radius 1 is 0.805 bits per heavy atom. The van der Waals surface area contributed by atoms with Crippen molar-refractivity contribution >= 4 is 23.9 Å². The van der Waals surface area contributed by atoms with Crippen LogP contribution in [-0.2, 0) is 25.6 Å². The predicted molar refractivity (Wildman–Crippen MR) is 138 cm³/mol. The minimum Gasteiger partial charge on any atom is -0.549 e. The van der Waals surface area contributed by atoms with Crippen LogP contribution in [0.2, 0.25) is 0 Å². The molecule has 0 amide bonds. The molecule has 1 aliphatic rings. The van der Waals surface area contributed by atoms with Crippen molar-refractivity contribution in [3.8, 4) is 5.75 Å². The number of rotatable bonds is 14. The summed E-state index contributed by atoms with van der Waals surface area (Å²) in [5, 5.41) is 43.9. The van der Waals surface area contributed by atoms with Crippen LogP contribution in [0.25, 0.3) is 0 Å². The van der Waals surface area contributed by atoms with Crippen molar-refractivity contribution in [1.29, 1.82) is 0 Å². The first-order valence-corrected chi connectivity index (χ1v) is 13.5. The maximum Gasteiger partial charge on any atom is 3.00 e. The van der Waals surface area contributed by atoms with Crippen LogP contribution in [0.3, 0.4) is 0 Å². The average Bonchev–Trinajstić information content (AvgIpc) is 2.86. The quantitative estimate of drug-likeness (QED) is 0.186. The Balaban J connectivity index is 0.00000840. The molecule has 229 valence electrons. The molecule has 0 unspecified atom stereocenters. The molecule has 41 heavy (non-hydrogen) atoms. The average molecular weight is 721 g/mol. The fraction of sp³-hybridized carbons (Fsp3) is 0.630. The number of nitrogens with zero attached hydrogens (tertiary/aromatic N) is 4. The number of benzene rings is 1. The van der Waals surface area contributed by atoms with E-state index in [-0.39, 0.29) is 92.3 Å². The number of aliphatic carboxylic acids is 4. The molecule has 1 radical (unpaired) electrons. The topological polar surface area (TPSA) is 180 Å². The van der Waals surface area contributed by atoms with Crippen LogP contribution < -0.4 is 20.1 Å². The Hall–Kier alpha value is -1.94. The number of carbonyl (C=O) groups is 4. The smallest absolute Gasteiger partial charge is 0.549 e. The molecule has 1 aliphatic heterocycles. The van der Waals surface area contributed by atoms with Crippen molar-refractivity contribution in [2.75, 3.05) is 78.6 Å². The Morgan fingerprint density at radius 2 is 1.32 bits per heavy atom. The molecule has 1 N–H and O–H groups in total. The number of hydrogen-bond acceptors (Lipinski definition) is 12. The van der Waals surface area contributed by atoms with Gasteiger partial charge in [-0.15, -0.1) is 0 Å². The largest absolute Gasteiger partial charge is 3.00 e. The molecule has 1 aromatic rings. The van der Waals surface area contributed by atoms with Crippen LogP contribution in [0.15, 0.2) is 24.3 Å². The van der Waals surface area contributed by atoms with Gasteiger partial charge in [0.15, 0.2) is 0 Å². The van der Waals surface area contributed by atoms with E-state index in [9.17, 15) is 39.6 Å². The molecule has 1 aromatic carbocycles. The number of hydrogen-bond donors (Lipinski definition) is 1. The summed E-state index contributed by atoms with van der Waals surface area (Å²) < 4.78 is 5.72. The van der Waals surface area contributed by atoms with E-state index in [1.54, 1.807) is 19.6 Å². The standard InChI is InChI=1S/C27H42N4O9.Gd/c1-2-3-14-40-23-6-4-21(5-7-23)15-22-16-30(19-26(36)37)11-10-28(17-24(32)33)8-9-29(18-25(34)35)12-13-31(22)20-27(38)39;/h4-7,22H,2-3,8-20H2,1H3,(H,32,33)(H,34,35)(H,36,37)(H,38,39);/q;+3/p-3/t22-;/m0./s1. The summed E-state index contributed by atoms with van der Waals surface area (Å²) in [5.74, 6) is -4.29. The summed E-state index contributed by atoms with van der Waals surface area (Å²) in [6.07, 6.45) is 2.30. The minimum atomic E-state index is -1.31. The third kappa shape index (κ3) is 15.8. The molecular formula is C27H39GdN4O9. The molecule has 13 nitrogen and oxygen atoms in total.